The predicted octanol–water partition coefficient (Wildman–Crippen LogP) is 3.93. The van der Waals surface area contributed by atoms with Gasteiger partial charge >= 0.3 is 0 Å². The summed E-state index contributed by atoms with van der Waals surface area (Å²) in [5.41, 5.74) is 1.35. The van der Waals surface area contributed by atoms with E-state index in [1.165, 1.54) is 0 Å². The molecule has 0 radical (unpaired) electrons. The summed E-state index contributed by atoms with van der Waals surface area (Å²) in [6.07, 6.45) is 4.17. The number of carbonyl (C=O) groups is 1. The SMILES string of the molecule is Cc1ccc(C(=O)NC2(CCl)CCCC2)cc1Cl. The van der Waals surface area contributed by atoms with E-state index < -0.39 is 0 Å². The van der Waals surface area contributed by atoms with Gasteiger partial charge in [-0.1, -0.05) is 30.5 Å². The normalized spacial score (nSPS) is 17.7. The van der Waals surface area contributed by atoms with Gasteiger partial charge in [0, 0.05) is 16.5 Å². The highest BCUT2D eigenvalue weighted by Gasteiger charge is 2.34. The third-order valence-corrected chi connectivity index (χ3v) is 4.55. The van der Waals surface area contributed by atoms with Crippen LogP contribution in [0.4, 0.5) is 0 Å². The third-order valence-electron chi connectivity index (χ3n) is 3.63. The van der Waals surface area contributed by atoms with Gasteiger partial charge in [0.05, 0.1) is 5.54 Å². The molecule has 2 nitrogen and oxygen atoms in total. The quantitative estimate of drug-likeness (QED) is 0.838. The number of nitrogens with one attached hydrogen (secondary N) is 1. The van der Waals surface area contributed by atoms with Crippen molar-refractivity contribution in [1.82, 2.24) is 5.32 Å². The van der Waals surface area contributed by atoms with Gasteiger partial charge in [0.15, 0.2) is 0 Å². The minimum atomic E-state index is -0.226. The van der Waals surface area contributed by atoms with Crippen molar-refractivity contribution in [2.45, 2.75) is 38.1 Å². The van der Waals surface area contributed by atoms with E-state index in [-0.39, 0.29) is 11.4 Å². The van der Waals surface area contributed by atoms with E-state index in [0.717, 1.165) is 31.2 Å². The Morgan fingerprint density at radius 3 is 2.61 bits per heavy atom. The number of hydrogen-bond donors (Lipinski definition) is 1. The Bertz CT molecular complexity index is 453. The summed E-state index contributed by atoms with van der Waals surface area (Å²) in [6.45, 7) is 1.92. The highest BCUT2D eigenvalue weighted by atomic mass is 35.5. The molecule has 1 aromatic rings. The van der Waals surface area contributed by atoms with Crippen LogP contribution in [0.25, 0.3) is 0 Å². The first-order valence-electron chi connectivity index (χ1n) is 6.21. The van der Waals surface area contributed by atoms with E-state index >= 15 is 0 Å². The Morgan fingerprint density at radius 1 is 1.39 bits per heavy atom. The Hall–Kier alpha value is -0.730. The maximum Gasteiger partial charge on any atom is 0.251 e. The van der Waals surface area contributed by atoms with Crippen molar-refractivity contribution < 1.29 is 4.79 Å². The summed E-state index contributed by atoms with van der Waals surface area (Å²) >= 11 is 12.0. The maximum atomic E-state index is 12.2. The Labute approximate surface area is 118 Å². The molecular formula is C14H17Cl2NO. The smallest absolute Gasteiger partial charge is 0.251 e. The van der Waals surface area contributed by atoms with Crippen molar-refractivity contribution >= 4 is 29.1 Å². The topological polar surface area (TPSA) is 29.1 Å². The second-order valence-electron chi connectivity index (χ2n) is 5.04. The molecule has 1 fully saturated rings. The number of rotatable bonds is 3. The number of carbonyl (C=O) groups excluding carboxylic acids is 1. The van der Waals surface area contributed by atoms with Crippen molar-refractivity contribution in [1.29, 1.82) is 0 Å². The lowest BCUT2D eigenvalue weighted by atomic mass is 9.99. The standard InChI is InChI=1S/C14H17Cl2NO/c1-10-4-5-11(8-12(10)16)13(18)17-14(9-15)6-2-3-7-14/h4-5,8H,2-3,6-7,9H2,1H3,(H,17,18). The van der Waals surface area contributed by atoms with Crippen LogP contribution < -0.4 is 5.32 Å². The second kappa shape index (κ2) is 5.50. The molecule has 2 rings (SSSR count). The predicted molar refractivity (Wildman–Crippen MR) is 75.6 cm³/mol. The summed E-state index contributed by atoms with van der Waals surface area (Å²) in [5.74, 6) is 0.387. The first-order chi connectivity index (χ1) is 8.56. The molecule has 1 aromatic carbocycles. The number of aryl methyl sites for hydroxylation is 1. The largest absolute Gasteiger partial charge is 0.345 e. The highest BCUT2D eigenvalue weighted by Crippen LogP contribution is 2.31. The fourth-order valence-corrected chi connectivity index (χ4v) is 2.91. The second-order valence-corrected chi connectivity index (χ2v) is 5.71. The van der Waals surface area contributed by atoms with Gasteiger partial charge in [-0.15, -0.1) is 11.6 Å². The van der Waals surface area contributed by atoms with E-state index in [1.807, 2.05) is 13.0 Å². The van der Waals surface area contributed by atoms with Crippen LogP contribution in [0.2, 0.25) is 5.02 Å². The molecule has 1 saturated carbocycles. The summed E-state index contributed by atoms with van der Waals surface area (Å²) in [4.78, 5) is 12.2. The van der Waals surface area contributed by atoms with E-state index in [2.05, 4.69) is 5.32 Å². The summed E-state index contributed by atoms with van der Waals surface area (Å²) in [6, 6.07) is 5.37. The monoisotopic (exact) mass is 285 g/mol. The van der Waals surface area contributed by atoms with Crippen LogP contribution in [0.1, 0.15) is 41.6 Å². The minimum absolute atomic E-state index is 0.0838. The number of amides is 1. The average molecular weight is 286 g/mol. The fourth-order valence-electron chi connectivity index (χ4n) is 2.39. The number of halogens is 2. The molecule has 0 atom stereocenters. The van der Waals surface area contributed by atoms with Crippen LogP contribution in [0.5, 0.6) is 0 Å². The van der Waals surface area contributed by atoms with Gasteiger partial charge in [-0.05, 0) is 37.5 Å². The molecule has 0 unspecified atom stereocenters. The van der Waals surface area contributed by atoms with Gasteiger partial charge < -0.3 is 5.32 Å². The van der Waals surface area contributed by atoms with Gasteiger partial charge in [0.1, 0.15) is 0 Å². The van der Waals surface area contributed by atoms with E-state index in [0.29, 0.717) is 16.5 Å². The number of benzene rings is 1. The molecule has 0 bridgehead atoms. The average Bonchev–Trinajstić information content (AvgIpc) is 2.82. The lowest BCUT2D eigenvalue weighted by molar-refractivity contribution is 0.0909. The molecule has 1 N–H and O–H groups in total. The third kappa shape index (κ3) is 2.81. The van der Waals surface area contributed by atoms with Gasteiger partial charge in [0.25, 0.3) is 5.91 Å². The maximum absolute atomic E-state index is 12.2. The lowest BCUT2D eigenvalue weighted by Crippen LogP contribution is -2.47. The van der Waals surface area contributed by atoms with Gasteiger partial charge in [-0.2, -0.15) is 0 Å². The van der Waals surface area contributed by atoms with Crippen molar-refractivity contribution in [2.24, 2.45) is 0 Å². The number of hydrogen-bond acceptors (Lipinski definition) is 1. The zero-order chi connectivity index (χ0) is 13.2. The molecule has 1 amide bonds. The zero-order valence-corrected chi connectivity index (χ0v) is 11.9. The van der Waals surface area contributed by atoms with Crippen LogP contribution in [0, 0.1) is 6.92 Å². The van der Waals surface area contributed by atoms with Crippen LogP contribution in [0.15, 0.2) is 18.2 Å². The zero-order valence-electron chi connectivity index (χ0n) is 10.4. The van der Waals surface area contributed by atoms with Gasteiger partial charge in [-0.25, -0.2) is 0 Å². The first kappa shape index (κ1) is 13.7. The van der Waals surface area contributed by atoms with Crippen LogP contribution >= 0.6 is 23.2 Å². The molecule has 0 aromatic heterocycles. The van der Waals surface area contributed by atoms with Crippen LogP contribution in [-0.4, -0.2) is 17.3 Å². The highest BCUT2D eigenvalue weighted by molar-refractivity contribution is 6.31. The van der Waals surface area contributed by atoms with Crippen molar-refractivity contribution in [3.8, 4) is 0 Å². The summed E-state index contributed by atoms with van der Waals surface area (Å²) in [5, 5.41) is 3.69. The first-order valence-corrected chi connectivity index (χ1v) is 7.12. The summed E-state index contributed by atoms with van der Waals surface area (Å²) in [7, 11) is 0. The molecule has 1 aliphatic rings. The van der Waals surface area contributed by atoms with Gasteiger partial charge in [0.2, 0.25) is 0 Å². The molecule has 98 valence electrons. The van der Waals surface area contributed by atoms with E-state index in [1.54, 1.807) is 12.1 Å². The molecule has 0 saturated heterocycles. The van der Waals surface area contributed by atoms with E-state index in [4.69, 9.17) is 23.2 Å². The molecular weight excluding hydrogens is 269 g/mol. The van der Waals surface area contributed by atoms with E-state index in [9.17, 15) is 4.79 Å². The van der Waals surface area contributed by atoms with Crippen molar-refractivity contribution in [3.05, 3.63) is 34.3 Å². The molecule has 0 heterocycles. The summed E-state index contributed by atoms with van der Waals surface area (Å²) < 4.78 is 0. The Morgan fingerprint density at radius 2 is 2.06 bits per heavy atom. The molecule has 1 aliphatic carbocycles. The Balaban J connectivity index is 2.13. The Kier molecular flexibility index (Phi) is 4.18. The van der Waals surface area contributed by atoms with Crippen LogP contribution in [-0.2, 0) is 0 Å². The van der Waals surface area contributed by atoms with Crippen LogP contribution in [0.3, 0.4) is 0 Å². The molecule has 18 heavy (non-hydrogen) atoms. The fraction of sp³-hybridized carbons (Fsp3) is 0.500. The van der Waals surface area contributed by atoms with Crippen molar-refractivity contribution in [3.63, 3.8) is 0 Å². The molecule has 4 heteroatoms. The minimum Gasteiger partial charge on any atom is -0.345 e. The van der Waals surface area contributed by atoms with Gasteiger partial charge in [-0.3, -0.25) is 4.79 Å². The molecule has 0 spiro atoms. The lowest BCUT2D eigenvalue weighted by Gasteiger charge is -2.27. The number of alkyl halides is 1. The molecule has 0 aliphatic heterocycles. The van der Waals surface area contributed by atoms with Crippen molar-refractivity contribution in [2.75, 3.05) is 5.88 Å².